The minimum Gasteiger partial charge on any atom is -0.396 e. The van der Waals surface area contributed by atoms with Gasteiger partial charge < -0.3 is 15.3 Å². The lowest BCUT2D eigenvalue weighted by Crippen LogP contribution is -2.47. The summed E-state index contributed by atoms with van der Waals surface area (Å²) in [6.07, 6.45) is 2.04. The van der Waals surface area contributed by atoms with E-state index in [-0.39, 0.29) is 18.4 Å². The highest BCUT2D eigenvalue weighted by Crippen LogP contribution is 2.47. The fraction of sp³-hybridized carbons (Fsp3) is 0.417. The van der Waals surface area contributed by atoms with Crippen LogP contribution in [0.15, 0.2) is 48.5 Å². The first-order chi connectivity index (χ1) is 14.5. The van der Waals surface area contributed by atoms with E-state index in [1.807, 2.05) is 25.2 Å². The molecule has 0 aromatic heterocycles. The van der Waals surface area contributed by atoms with Crippen molar-refractivity contribution in [2.75, 3.05) is 38.2 Å². The van der Waals surface area contributed by atoms with Gasteiger partial charge in [-0.05, 0) is 61.7 Å². The Bertz CT molecular complexity index is 921. The van der Waals surface area contributed by atoms with Gasteiger partial charge in [-0.25, -0.2) is 0 Å². The smallest absolute Gasteiger partial charge is 0.251 e. The Morgan fingerprint density at radius 2 is 1.87 bits per heavy atom. The maximum Gasteiger partial charge on any atom is 0.251 e. The van der Waals surface area contributed by atoms with Crippen LogP contribution in [0.3, 0.4) is 0 Å². The van der Waals surface area contributed by atoms with Gasteiger partial charge >= 0.3 is 0 Å². The summed E-state index contributed by atoms with van der Waals surface area (Å²) >= 11 is 0. The molecular weight excluding hydrogens is 378 g/mol. The van der Waals surface area contributed by atoms with Crippen LogP contribution in [0, 0.1) is 0 Å². The van der Waals surface area contributed by atoms with Gasteiger partial charge in [0, 0.05) is 38.0 Å². The van der Waals surface area contributed by atoms with Crippen molar-refractivity contribution in [1.82, 2.24) is 10.2 Å². The van der Waals surface area contributed by atoms with E-state index in [0.29, 0.717) is 18.5 Å². The summed E-state index contributed by atoms with van der Waals surface area (Å²) < 4.78 is 0. The van der Waals surface area contributed by atoms with E-state index in [9.17, 15) is 9.59 Å². The maximum atomic E-state index is 13.3. The molecule has 0 saturated carbocycles. The van der Waals surface area contributed by atoms with Crippen molar-refractivity contribution in [3.05, 3.63) is 65.2 Å². The summed E-state index contributed by atoms with van der Waals surface area (Å²) in [5, 5.41) is 11.8. The maximum absolute atomic E-state index is 13.3. The van der Waals surface area contributed by atoms with Crippen molar-refractivity contribution in [3.8, 4) is 0 Å². The van der Waals surface area contributed by atoms with Crippen molar-refractivity contribution >= 4 is 17.5 Å². The minimum atomic E-state index is -0.543. The lowest BCUT2D eigenvalue weighted by atomic mass is 9.73. The fourth-order valence-corrected chi connectivity index (χ4v) is 4.70. The Morgan fingerprint density at radius 3 is 2.57 bits per heavy atom. The number of hydrogen-bond acceptors (Lipinski definition) is 4. The van der Waals surface area contributed by atoms with Crippen LogP contribution >= 0.6 is 0 Å². The topological polar surface area (TPSA) is 72.9 Å². The van der Waals surface area contributed by atoms with Crippen LogP contribution in [-0.4, -0.2) is 55.1 Å². The molecule has 30 heavy (non-hydrogen) atoms. The number of anilines is 1. The number of hydrogen-bond donors (Lipinski definition) is 2. The highest BCUT2D eigenvalue weighted by molar-refractivity contribution is 6.09. The molecule has 2 amide bonds. The molecular formula is C24H29N3O3. The molecule has 0 bridgehead atoms. The van der Waals surface area contributed by atoms with E-state index in [0.717, 1.165) is 43.7 Å². The lowest BCUT2D eigenvalue weighted by Gasteiger charge is -2.38. The van der Waals surface area contributed by atoms with Crippen molar-refractivity contribution in [1.29, 1.82) is 0 Å². The molecule has 0 atom stereocenters. The number of aliphatic hydroxyl groups is 1. The molecule has 4 rings (SSSR count). The number of amides is 2. The molecule has 1 saturated heterocycles. The molecule has 2 aromatic carbocycles. The Morgan fingerprint density at radius 1 is 1.13 bits per heavy atom. The molecule has 0 radical (unpaired) electrons. The number of nitrogens with one attached hydrogen (secondary N) is 1. The largest absolute Gasteiger partial charge is 0.396 e. The van der Waals surface area contributed by atoms with E-state index in [1.165, 1.54) is 5.56 Å². The van der Waals surface area contributed by atoms with E-state index in [2.05, 4.69) is 34.5 Å². The van der Waals surface area contributed by atoms with Gasteiger partial charge in [-0.2, -0.15) is 0 Å². The number of carbonyl (C=O) groups excluding carboxylic acids is 2. The van der Waals surface area contributed by atoms with Crippen molar-refractivity contribution in [3.63, 3.8) is 0 Å². The van der Waals surface area contributed by atoms with E-state index in [1.54, 1.807) is 11.0 Å². The van der Waals surface area contributed by atoms with Crippen LogP contribution < -0.4 is 10.2 Å². The second-order valence-corrected chi connectivity index (χ2v) is 8.27. The van der Waals surface area contributed by atoms with Gasteiger partial charge in [0.05, 0.1) is 5.41 Å². The average molecular weight is 408 g/mol. The molecule has 6 heteroatoms. The van der Waals surface area contributed by atoms with Gasteiger partial charge in [0.1, 0.15) is 0 Å². The van der Waals surface area contributed by atoms with Gasteiger partial charge in [0.15, 0.2) is 0 Å². The third-order valence-corrected chi connectivity index (χ3v) is 6.43. The van der Waals surface area contributed by atoms with Gasteiger partial charge in [-0.3, -0.25) is 14.5 Å². The molecule has 2 heterocycles. The summed E-state index contributed by atoms with van der Waals surface area (Å²) in [6, 6.07) is 16.0. The molecule has 0 unspecified atom stereocenters. The van der Waals surface area contributed by atoms with Crippen molar-refractivity contribution < 1.29 is 14.7 Å². The summed E-state index contributed by atoms with van der Waals surface area (Å²) in [5.74, 6) is -0.0281. The van der Waals surface area contributed by atoms with E-state index >= 15 is 0 Å². The molecule has 2 aliphatic heterocycles. The molecule has 2 N–H and O–H groups in total. The fourth-order valence-electron chi connectivity index (χ4n) is 4.70. The number of likely N-dealkylation sites (N-methyl/N-ethyl adjacent to an activating group) is 1. The quantitative estimate of drug-likeness (QED) is 0.721. The normalized spacial score (nSPS) is 17.9. The molecule has 1 fully saturated rings. The monoisotopic (exact) mass is 407 g/mol. The molecule has 1 spiro atoms. The predicted octanol–water partition coefficient (Wildman–Crippen LogP) is 2.31. The van der Waals surface area contributed by atoms with Gasteiger partial charge in [0.25, 0.3) is 5.91 Å². The first-order valence-electron chi connectivity index (χ1n) is 10.6. The summed E-state index contributed by atoms with van der Waals surface area (Å²) in [6.45, 7) is 3.07. The molecule has 2 aliphatic rings. The highest BCUT2D eigenvalue weighted by Gasteiger charge is 2.51. The van der Waals surface area contributed by atoms with Gasteiger partial charge in [-0.1, -0.05) is 30.3 Å². The highest BCUT2D eigenvalue weighted by atomic mass is 16.3. The molecule has 2 aromatic rings. The van der Waals surface area contributed by atoms with Crippen LogP contribution in [0.5, 0.6) is 0 Å². The summed E-state index contributed by atoms with van der Waals surface area (Å²) in [4.78, 5) is 29.9. The first-order valence-corrected chi connectivity index (χ1v) is 10.6. The summed E-state index contributed by atoms with van der Waals surface area (Å²) in [7, 11) is 1.83. The van der Waals surface area contributed by atoms with Crippen molar-refractivity contribution in [2.45, 2.75) is 31.2 Å². The second kappa shape index (κ2) is 8.58. The van der Waals surface area contributed by atoms with Crippen molar-refractivity contribution in [2.24, 2.45) is 0 Å². The number of carbonyl (C=O) groups is 2. The van der Waals surface area contributed by atoms with Gasteiger partial charge in [0.2, 0.25) is 5.91 Å². The first kappa shape index (κ1) is 20.6. The number of piperidine rings is 1. The number of rotatable bonds is 6. The van der Waals surface area contributed by atoms with Crippen LogP contribution in [-0.2, 0) is 16.8 Å². The van der Waals surface area contributed by atoms with Crippen LogP contribution in [0.1, 0.15) is 40.7 Å². The number of benzene rings is 2. The summed E-state index contributed by atoms with van der Waals surface area (Å²) in [5.41, 5.74) is 3.19. The minimum absolute atomic E-state index is 0.0480. The molecule has 6 nitrogen and oxygen atoms in total. The Labute approximate surface area is 177 Å². The zero-order valence-corrected chi connectivity index (χ0v) is 17.4. The third kappa shape index (κ3) is 3.73. The Kier molecular flexibility index (Phi) is 5.88. The predicted molar refractivity (Wildman–Crippen MR) is 117 cm³/mol. The van der Waals surface area contributed by atoms with E-state index < -0.39 is 5.41 Å². The second-order valence-electron chi connectivity index (χ2n) is 8.27. The number of nitrogens with zero attached hydrogens (tertiary/aromatic N) is 2. The lowest BCUT2D eigenvalue weighted by molar-refractivity contribution is -0.124. The number of aliphatic hydroxyl groups excluding tert-OH is 1. The average Bonchev–Trinajstić information content (AvgIpc) is 2.98. The van der Waals surface area contributed by atoms with Gasteiger partial charge in [-0.15, -0.1) is 0 Å². The molecule has 158 valence electrons. The third-order valence-electron chi connectivity index (χ3n) is 6.43. The zero-order chi connectivity index (χ0) is 21.1. The standard InChI is InChI=1S/C24H29N3O3/c1-26-21-9-8-19(22(29)25-12-5-15-28)16-20(21)24(23(26)30)10-13-27(14-11-24)17-18-6-3-2-4-7-18/h2-4,6-9,16,28H,5,10-15,17H2,1H3,(H,25,29). The van der Waals surface area contributed by atoms with Crippen LogP contribution in [0.25, 0.3) is 0 Å². The Hall–Kier alpha value is -2.70. The SMILES string of the molecule is CN1C(=O)C2(CCN(Cc3ccccc3)CC2)c2cc(C(=O)NCCCO)ccc21. The molecule has 0 aliphatic carbocycles. The van der Waals surface area contributed by atoms with E-state index in [4.69, 9.17) is 5.11 Å². The van der Waals surface area contributed by atoms with Crippen LogP contribution in [0.2, 0.25) is 0 Å². The number of likely N-dealkylation sites (tertiary alicyclic amines) is 1. The number of fused-ring (bicyclic) bond motifs is 2. The zero-order valence-electron chi connectivity index (χ0n) is 17.4. The Balaban J connectivity index is 1.53. The van der Waals surface area contributed by atoms with Crippen LogP contribution in [0.4, 0.5) is 5.69 Å².